The van der Waals surface area contributed by atoms with Gasteiger partial charge >= 0.3 is 0 Å². The van der Waals surface area contributed by atoms with Crippen molar-refractivity contribution in [1.29, 1.82) is 0 Å². The third kappa shape index (κ3) is 3.64. The summed E-state index contributed by atoms with van der Waals surface area (Å²) in [5.74, 6) is 1.58. The molecule has 1 heterocycles. The van der Waals surface area contributed by atoms with Gasteiger partial charge in [-0.3, -0.25) is 0 Å². The number of hydrogen-bond acceptors (Lipinski definition) is 4. The number of rotatable bonds is 5. The summed E-state index contributed by atoms with van der Waals surface area (Å²) in [6.45, 7) is 0. The molecule has 1 unspecified atom stereocenters. The molecule has 0 bridgehead atoms. The summed E-state index contributed by atoms with van der Waals surface area (Å²) in [7, 11) is 5.25. The van der Waals surface area contributed by atoms with Crippen LogP contribution in [0.15, 0.2) is 30.2 Å². The maximum absolute atomic E-state index is 5.53. The number of benzene rings is 1. The molecule has 1 atom stereocenters. The fourth-order valence-electron chi connectivity index (χ4n) is 2.14. The van der Waals surface area contributed by atoms with E-state index in [0.29, 0.717) is 0 Å². The molecular weight excluding hydrogens is 486 g/mol. The van der Waals surface area contributed by atoms with E-state index >= 15 is 0 Å². The van der Waals surface area contributed by atoms with E-state index in [2.05, 4.69) is 59.2 Å². The predicted octanol–water partition coefficient (Wildman–Crippen LogP) is 5.36. The zero-order valence-electron chi connectivity index (χ0n) is 11.7. The summed E-state index contributed by atoms with van der Waals surface area (Å²) in [6, 6.07) is 6.01. The van der Waals surface area contributed by atoms with Crippen LogP contribution in [0.4, 0.5) is 0 Å². The molecule has 7 heteroatoms. The highest BCUT2D eigenvalue weighted by atomic mass is 79.9. The lowest BCUT2D eigenvalue weighted by Gasteiger charge is -2.20. The molecule has 1 aromatic carbocycles. The Bertz CT molecular complexity index is 645. The predicted molar refractivity (Wildman–Crippen MR) is 97.9 cm³/mol. The maximum Gasteiger partial charge on any atom is 0.133 e. The highest BCUT2D eigenvalue weighted by Gasteiger charge is 2.22. The molecule has 21 heavy (non-hydrogen) atoms. The maximum atomic E-state index is 5.53. The first kappa shape index (κ1) is 17.3. The Morgan fingerprint density at radius 1 is 1.00 bits per heavy atom. The Hall–Kier alpha value is -0.0800. The molecule has 0 fully saturated rings. The van der Waals surface area contributed by atoms with Crippen LogP contribution in [0.3, 0.4) is 0 Å². The molecule has 2 aromatic rings. The van der Waals surface area contributed by atoms with Gasteiger partial charge in [-0.25, -0.2) is 0 Å². The molecule has 3 nitrogen and oxygen atoms in total. The van der Waals surface area contributed by atoms with Crippen LogP contribution in [0, 0.1) is 0 Å². The lowest BCUT2D eigenvalue weighted by Crippen LogP contribution is -2.18. The number of methoxy groups -OCH3 is 2. The average molecular weight is 500 g/mol. The lowest BCUT2D eigenvalue weighted by atomic mass is 10.00. The molecule has 0 amide bonds. The van der Waals surface area contributed by atoms with Gasteiger partial charge < -0.3 is 14.8 Å². The Balaban J connectivity index is 2.58. The standard InChI is InChI=1S/C14H14Br3NO2S/c1-18-13(8-5-12(16)21-14(8)17)7-4-11(20-3)9(15)6-10(7)19-2/h4-6,13,18H,1-3H3. The third-order valence-corrected chi connectivity index (χ3v) is 6.10. The van der Waals surface area contributed by atoms with Gasteiger partial charge in [-0.1, -0.05) is 0 Å². The average Bonchev–Trinajstić information content (AvgIpc) is 2.79. The van der Waals surface area contributed by atoms with Gasteiger partial charge in [0.25, 0.3) is 0 Å². The van der Waals surface area contributed by atoms with E-state index in [1.807, 2.05) is 19.2 Å². The minimum atomic E-state index is -0.00104. The van der Waals surface area contributed by atoms with E-state index in [1.54, 1.807) is 25.6 Å². The smallest absolute Gasteiger partial charge is 0.133 e. The second kappa shape index (κ2) is 7.46. The molecule has 2 rings (SSSR count). The van der Waals surface area contributed by atoms with Gasteiger partial charge in [0.15, 0.2) is 0 Å². The fraction of sp³-hybridized carbons (Fsp3) is 0.286. The molecule has 0 spiro atoms. The van der Waals surface area contributed by atoms with Crippen LogP contribution in [0.1, 0.15) is 17.2 Å². The molecule has 114 valence electrons. The minimum Gasteiger partial charge on any atom is -0.496 e. The summed E-state index contributed by atoms with van der Waals surface area (Å²) in [6.07, 6.45) is 0. The molecule has 1 N–H and O–H groups in total. The summed E-state index contributed by atoms with van der Waals surface area (Å²) >= 11 is 12.3. The molecule has 0 radical (unpaired) electrons. The number of ether oxygens (including phenoxy) is 2. The second-order valence-corrected chi connectivity index (χ2v) is 8.83. The molecule has 0 saturated heterocycles. The normalized spacial score (nSPS) is 12.3. The summed E-state index contributed by atoms with van der Waals surface area (Å²) < 4.78 is 14.0. The summed E-state index contributed by atoms with van der Waals surface area (Å²) in [5, 5.41) is 3.34. The van der Waals surface area contributed by atoms with E-state index in [4.69, 9.17) is 9.47 Å². The van der Waals surface area contributed by atoms with E-state index < -0.39 is 0 Å². The van der Waals surface area contributed by atoms with Gasteiger partial charge in [-0.15, -0.1) is 11.3 Å². The Kier molecular flexibility index (Phi) is 6.14. The molecular formula is C14H14Br3NO2S. The van der Waals surface area contributed by atoms with Crippen molar-refractivity contribution in [2.45, 2.75) is 6.04 Å². The van der Waals surface area contributed by atoms with Crippen molar-refractivity contribution in [3.05, 3.63) is 41.4 Å². The van der Waals surface area contributed by atoms with Gasteiger partial charge in [0, 0.05) is 5.56 Å². The monoisotopic (exact) mass is 497 g/mol. The van der Waals surface area contributed by atoms with Gasteiger partial charge in [-0.2, -0.15) is 0 Å². The summed E-state index contributed by atoms with van der Waals surface area (Å²) in [5.41, 5.74) is 2.17. The van der Waals surface area contributed by atoms with Crippen molar-refractivity contribution >= 4 is 59.1 Å². The zero-order valence-corrected chi connectivity index (χ0v) is 17.2. The first-order valence-corrected chi connectivity index (χ1v) is 9.24. The van der Waals surface area contributed by atoms with Crippen LogP contribution in [0.5, 0.6) is 11.5 Å². The molecule has 0 saturated carbocycles. The van der Waals surface area contributed by atoms with E-state index in [1.165, 1.54) is 0 Å². The van der Waals surface area contributed by atoms with Gasteiger partial charge in [0.1, 0.15) is 11.5 Å². The highest BCUT2D eigenvalue weighted by Crippen LogP contribution is 2.42. The Labute approximate surface area is 153 Å². The van der Waals surface area contributed by atoms with Crippen molar-refractivity contribution < 1.29 is 9.47 Å². The van der Waals surface area contributed by atoms with Crippen LogP contribution in [-0.2, 0) is 0 Å². The lowest BCUT2D eigenvalue weighted by molar-refractivity contribution is 0.393. The van der Waals surface area contributed by atoms with Crippen molar-refractivity contribution in [2.24, 2.45) is 0 Å². The van der Waals surface area contributed by atoms with Crippen molar-refractivity contribution in [2.75, 3.05) is 21.3 Å². The van der Waals surface area contributed by atoms with E-state index in [-0.39, 0.29) is 6.04 Å². The van der Waals surface area contributed by atoms with E-state index in [9.17, 15) is 0 Å². The Morgan fingerprint density at radius 2 is 1.67 bits per heavy atom. The number of hydrogen-bond donors (Lipinski definition) is 1. The first-order valence-electron chi connectivity index (χ1n) is 6.05. The van der Waals surface area contributed by atoms with Gasteiger partial charge in [0.2, 0.25) is 0 Å². The van der Waals surface area contributed by atoms with Crippen LogP contribution >= 0.6 is 59.1 Å². The number of nitrogens with one attached hydrogen (secondary N) is 1. The second-order valence-electron chi connectivity index (χ2n) is 4.23. The summed E-state index contributed by atoms with van der Waals surface area (Å²) in [4.78, 5) is 0. The first-order chi connectivity index (χ1) is 10.0. The molecule has 0 aliphatic carbocycles. The molecule has 0 aliphatic rings. The highest BCUT2D eigenvalue weighted by molar-refractivity contribution is 9.12. The molecule has 0 aliphatic heterocycles. The largest absolute Gasteiger partial charge is 0.496 e. The zero-order chi connectivity index (χ0) is 15.6. The quantitative estimate of drug-likeness (QED) is 0.600. The van der Waals surface area contributed by atoms with Crippen LogP contribution in [0.2, 0.25) is 0 Å². The third-order valence-electron chi connectivity index (χ3n) is 3.10. The van der Waals surface area contributed by atoms with E-state index in [0.717, 1.165) is 34.7 Å². The fourth-order valence-corrected chi connectivity index (χ4v) is 5.52. The van der Waals surface area contributed by atoms with Crippen LogP contribution in [0.25, 0.3) is 0 Å². The van der Waals surface area contributed by atoms with Gasteiger partial charge in [0.05, 0.1) is 32.3 Å². The number of halogens is 3. The van der Waals surface area contributed by atoms with Crippen LogP contribution in [-0.4, -0.2) is 21.3 Å². The van der Waals surface area contributed by atoms with Crippen molar-refractivity contribution in [3.63, 3.8) is 0 Å². The Morgan fingerprint density at radius 3 is 2.14 bits per heavy atom. The van der Waals surface area contributed by atoms with Crippen LogP contribution < -0.4 is 14.8 Å². The van der Waals surface area contributed by atoms with Crippen molar-refractivity contribution in [3.8, 4) is 11.5 Å². The van der Waals surface area contributed by atoms with Crippen molar-refractivity contribution in [1.82, 2.24) is 5.32 Å². The van der Waals surface area contributed by atoms with Gasteiger partial charge in [-0.05, 0) is 78.6 Å². The minimum absolute atomic E-state index is 0.00104. The number of thiophene rings is 1. The SMILES string of the molecule is CNC(c1cc(OC)c(Br)cc1OC)c1cc(Br)sc1Br. The molecule has 1 aromatic heterocycles. The topological polar surface area (TPSA) is 30.5 Å².